The van der Waals surface area contributed by atoms with Crippen molar-refractivity contribution in [2.45, 2.75) is 38.6 Å². The van der Waals surface area contributed by atoms with Crippen molar-refractivity contribution in [2.75, 3.05) is 25.0 Å². The van der Waals surface area contributed by atoms with Gasteiger partial charge in [0.1, 0.15) is 6.61 Å². The highest BCUT2D eigenvalue weighted by Crippen LogP contribution is 2.28. The normalized spacial score (nSPS) is 14.9. The van der Waals surface area contributed by atoms with Gasteiger partial charge in [-0.15, -0.1) is 11.3 Å². The van der Waals surface area contributed by atoms with Crippen molar-refractivity contribution in [1.82, 2.24) is 15.0 Å². The molecule has 0 saturated carbocycles. The van der Waals surface area contributed by atoms with E-state index < -0.39 is 6.09 Å². The Balaban J connectivity index is 1.25. The van der Waals surface area contributed by atoms with Crippen molar-refractivity contribution >= 4 is 23.1 Å². The van der Waals surface area contributed by atoms with Crippen LogP contribution in [0.25, 0.3) is 10.8 Å². The van der Waals surface area contributed by atoms with Gasteiger partial charge in [-0.2, -0.15) is 4.98 Å². The Bertz CT molecular complexity index is 933. The molecule has 0 bridgehead atoms. The molecule has 158 valence electrons. The number of hydrogen-bond acceptors (Lipinski definition) is 7. The minimum atomic E-state index is -0.499. The molecular weight excluding hydrogens is 400 g/mol. The minimum absolute atomic E-state index is 0.183. The van der Waals surface area contributed by atoms with Gasteiger partial charge in [0.25, 0.3) is 5.89 Å². The highest BCUT2D eigenvalue weighted by Gasteiger charge is 2.15. The van der Waals surface area contributed by atoms with E-state index in [9.17, 15) is 4.79 Å². The van der Waals surface area contributed by atoms with E-state index in [-0.39, 0.29) is 6.61 Å². The number of aromatic nitrogens is 2. The predicted molar refractivity (Wildman–Crippen MR) is 116 cm³/mol. The summed E-state index contributed by atoms with van der Waals surface area (Å²) in [6.45, 7) is 3.52. The number of ether oxygens (including phenoxy) is 1. The van der Waals surface area contributed by atoms with E-state index in [0.29, 0.717) is 23.8 Å². The zero-order chi connectivity index (χ0) is 20.6. The van der Waals surface area contributed by atoms with Crippen molar-refractivity contribution in [3.05, 3.63) is 53.2 Å². The van der Waals surface area contributed by atoms with E-state index in [2.05, 4.69) is 26.4 Å². The maximum Gasteiger partial charge on any atom is 0.411 e. The van der Waals surface area contributed by atoms with Gasteiger partial charge >= 0.3 is 6.09 Å². The second kappa shape index (κ2) is 10.4. The van der Waals surface area contributed by atoms with Crippen LogP contribution in [0.4, 0.5) is 10.5 Å². The molecule has 4 rings (SSSR count). The minimum Gasteiger partial charge on any atom is -0.449 e. The molecule has 3 aromatic rings. The van der Waals surface area contributed by atoms with Crippen LogP contribution < -0.4 is 5.32 Å². The Hall–Kier alpha value is -2.71. The van der Waals surface area contributed by atoms with E-state index in [1.165, 1.54) is 43.6 Å². The molecule has 30 heavy (non-hydrogen) atoms. The van der Waals surface area contributed by atoms with Crippen LogP contribution in [-0.4, -0.2) is 40.8 Å². The first-order valence-corrected chi connectivity index (χ1v) is 11.2. The lowest BCUT2D eigenvalue weighted by Crippen LogP contribution is -2.23. The van der Waals surface area contributed by atoms with E-state index in [4.69, 9.17) is 9.26 Å². The van der Waals surface area contributed by atoms with Crippen molar-refractivity contribution in [3.8, 4) is 10.8 Å². The SMILES string of the molecule is O=C(Nc1ccccc1)OCCc1noc(-c2ccc(CN3CCCCCC3)s2)n1. The van der Waals surface area contributed by atoms with Gasteiger partial charge in [0, 0.05) is 23.5 Å². The lowest BCUT2D eigenvalue weighted by atomic mass is 10.2. The molecule has 0 atom stereocenters. The first-order valence-electron chi connectivity index (χ1n) is 10.4. The second-order valence-corrected chi connectivity index (χ2v) is 8.52. The lowest BCUT2D eigenvalue weighted by Gasteiger charge is -2.18. The van der Waals surface area contributed by atoms with Crippen molar-refractivity contribution < 1.29 is 14.1 Å². The van der Waals surface area contributed by atoms with Crippen LogP contribution in [0, 0.1) is 0 Å². The highest BCUT2D eigenvalue weighted by molar-refractivity contribution is 7.15. The molecule has 0 aliphatic carbocycles. The molecule has 7 nitrogen and oxygen atoms in total. The number of likely N-dealkylation sites (tertiary alicyclic amines) is 1. The molecule has 1 amide bonds. The number of para-hydroxylation sites is 1. The van der Waals surface area contributed by atoms with Crippen LogP contribution in [0.2, 0.25) is 0 Å². The monoisotopic (exact) mass is 426 g/mol. The maximum atomic E-state index is 11.8. The molecule has 2 aromatic heterocycles. The fourth-order valence-electron chi connectivity index (χ4n) is 3.46. The molecule has 1 fully saturated rings. The molecular formula is C22H26N4O3S. The summed E-state index contributed by atoms with van der Waals surface area (Å²) < 4.78 is 10.6. The predicted octanol–water partition coefficient (Wildman–Crippen LogP) is 4.97. The van der Waals surface area contributed by atoms with Gasteiger partial charge in [0.2, 0.25) is 0 Å². The summed E-state index contributed by atoms with van der Waals surface area (Å²) in [7, 11) is 0. The molecule has 0 radical (unpaired) electrons. The zero-order valence-corrected chi connectivity index (χ0v) is 17.7. The summed E-state index contributed by atoms with van der Waals surface area (Å²) in [6, 6.07) is 13.4. The van der Waals surface area contributed by atoms with Crippen molar-refractivity contribution in [3.63, 3.8) is 0 Å². The quantitative estimate of drug-likeness (QED) is 0.575. The van der Waals surface area contributed by atoms with Gasteiger partial charge in [0.05, 0.1) is 4.88 Å². The number of anilines is 1. The summed E-state index contributed by atoms with van der Waals surface area (Å²) in [5, 5.41) is 6.68. The number of nitrogens with one attached hydrogen (secondary N) is 1. The molecule has 8 heteroatoms. The van der Waals surface area contributed by atoms with Crippen LogP contribution in [0.5, 0.6) is 0 Å². The van der Waals surface area contributed by atoms with Crippen LogP contribution in [0.1, 0.15) is 36.4 Å². The molecule has 1 aliphatic rings. The van der Waals surface area contributed by atoms with Gasteiger partial charge in [-0.1, -0.05) is 36.2 Å². The number of amides is 1. The summed E-state index contributed by atoms with van der Waals surface area (Å²) in [5.41, 5.74) is 0.693. The average Bonchev–Trinajstić information content (AvgIpc) is 3.33. The molecule has 0 spiro atoms. The maximum absolute atomic E-state index is 11.8. The summed E-state index contributed by atoms with van der Waals surface area (Å²) in [6.07, 6.45) is 5.16. The third-order valence-electron chi connectivity index (χ3n) is 5.00. The van der Waals surface area contributed by atoms with Gasteiger partial charge in [-0.05, 0) is 50.2 Å². The standard InChI is InChI=1S/C22H26N4O3S/c27-22(23-17-8-4-3-5-9-17)28-15-12-20-24-21(29-25-20)19-11-10-18(30-19)16-26-13-6-1-2-7-14-26/h3-5,8-11H,1-2,6-7,12-16H2,(H,23,27). The van der Waals surface area contributed by atoms with Crippen LogP contribution in [-0.2, 0) is 17.7 Å². The molecule has 1 aliphatic heterocycles. The van der Waals surface area contributed by atoms with Gasteiger partial charge in [0.15, 0.2) is 5.82 Å². The van der Waals surface area contributed by atoms with Crippen LogP contribution in [0.3, 0.4) is 0 Å². The third kappa shape index (κ3) is 5.90. The van der Waals surface area contributed by atoms with E-state index >= 15 is 0 Å². The number of carbonyl (C=O) groups excluding carboxylic acids is 1. The second-order valence-electron chi connectivity index (χ2n) is 7.35. The third-order valence-corrected chi connectivity index (χ3v) is 6.06. The molecule has 0 unspecified atom stereocenters. The fraction of sp³-hybridized carbons (Fsp3) is 0.409. The number of nitrogens with zero attached hydrogens (tertiary/aromatic N) is 3. The summed E-state index contributed by atoms with van der Waals surface area (Å²) >= 11 is 1.70. The van der Waals surface area contributed by atoms with Gasteiger partial charge in [-0.25, -0.2) is 4.79 Å². The Morgan fingerprint density at radius 1 is 1.10 bits per heavy atom. The number of carbonyl (C=O) groups is 1. The first-order chi connectivity index (χ1) is 14.8. The first kappa shape index (κ1) is 20.6. The molecule has 3 heterocycles. The molecule has 1 N–H and O–H groups in total. The smallest absolute Gasteiger partial charge is 0.411 e. The number of rotatable bonds is 7. The Labute approximate surface area is 180 Å². The van der Waals surface area contributed by atoms with Crippen LogP contribution >= 0.6 is 11.3 Å². The van der Waals surface area contributed by atoms with Gasteiger partial charge in [-0.3, -0.25) is 10.2 Å². The lowest BCUT2D eigenvalue weighted by molar-refractivity contribution is 0.162. The Morgan fingerprint density at radius 2 is 1.90 bits per heavy atom. The summed E-state index contributed by atoms with van der Waals surface area (Å²) in [4.78, 5) is 21.1. The van der Waals surface area contributed by atoms with Gasteiger partial charge < -0.3 is 9.26 Å². The van der Waals surface area contributed by atoms with E-state index in [1.807, 2.05) is 24.3 Å². The van der Waals surface area contributed by atoms with Crippen LogP contribution in [0.15, 0.2) is 47.0 Å². The number of thiophene rings is 1. The van der Waals surface area contributed by atoms with Crippen molar-refractivity contribution in [1.29, 1.82) is 0 Å². The topological polar surface area (TPSA) is 80.5 Å². The summed E-state index contributed by atoms with van der Waals surface area (Å²) in [5.74, 6) is 1.05. The zero-order valence-electron chi connectivity index (χ0n) is 16.9. The van der Waals surface area contributed by atoms with Crippen molar-refractivity contribution in [2.24, 2.45) is 0 Å². The number of benzene rings is 1. The van der Waals surface area contributed by atoms with E-state index in [1.54, 1.807) is 23.5 Å². The largest absolute Gasteiger partial charge is 0.449 e. The fourth-order valence-corrected chi connectivity index (χ4v) is 4.43. The average molecular weight is 427 g/mol. The highest BCUT2D eigenvalue weighted by atomic mass is 32.1. The Kier molecular flexibility index (Phi) is 7.10. The molecule has 1 saturated heterocycles. The van der Waals surface area contributed by atoms with E-state index in [0.717, 1.165) is 11.4 Å². The number of hydrogen-bond donors (Lipinski definition) is 1. The Morgan fingerprint density at radius 3 is 2.70 bits per heavy atom. The molecule has 1 aromatic carbocycles.